The average Bonchev–Trinajstić information content (AvgIpc) is 2.44. The van der Waals surface area contributed by atoms with Crippen molar-refractivity contribution in [2.24, 2.45) is 0 Å². The van der Waals surface area contributed by atoms with Gasteiger partial charge in [0.1, 0.15) is 12.1 Å². The van der Waals surface area contributed by atoms with Gasteiger partial charge in [-0.1, -0.05) is 6.92 Å². The summed E-state index contributed by atoms with van der Waals surface area (Å²) in [5, 5.41) is 2.86. The Hall–Kier alpha value is -2.11. The van der Waals surface area contributed by atoms with E-state index in [9.17, 15) is 13.2 Å². The highest BCUT2D eigenvalue weighted by molar-refractivity contribution is 5.68. The maximum Gasteiger partial charge on any atom is 0.195 e. The van der Waals surface area contributed by atoms with E-state index in [1.54, 1.807) is 7.05 Å². The predicted octanol–water partition coefficient (Wildman–Crippen LogP) is 3.17. The Labute approximate surface area is 108 Å². The van der Waals surface area contributed by atoms with Gasteiger partial charge in [-0.3, -0.25) is 0 Å². The molecule has 0 aliphatic carbocycles. The number of benzene rings is 1. The predicted molar refractivity (Wildman–Crippen MR) is 66.3 cm³/mol. The number of hydrogen-bond acceptors (Lipinski definition) is 3. The molecule has 19 heavy (non-hydrogen) atoms. The topological polar surface area (TPSA) is 37.8 Å². The fourth-order valence-corrected chi connectivity index (χ4v) is 1.90. The summed E-state index contributed by atoms with van der Waals surface area (Å²) in [6.07, 6.45) is 1.78. The van der Waals surface area contributed by atoms with Gasteiger partial charge in [0.2, 0.25) is 0 Å². The van der Waals surface area contributed by atoms with E-state index in [0.717, 1.165) is 6.07 Å². The molecule has 0 unspecified atom stereocenters. The molecule has 1 aromatic carbocycles. The van der Waals surface area contributed by atoms with Crippen LogP contribution >= 0.6 is 0 Å². The normalized spacial score (nSPS) is 10.6. The van der Waals surface area contributed by atoms with Gasteiger partial charge in [0.05, 0.1) is 5.69 Å². The largest absolute Gasteiger partial charge is 0.373 e. The zero-order valence-corrected chi connectivity index (χ0v) is 10.5. The van der Waals surface area contributed by atoms with Crippen LogP contribution in [0.3, 0.4) is 0 Å². The summed E-state index contributed by atoms with van der Waals surface area (Å²) in [7, 11) is 1.67. The van der Waals surface area contributed by atoms with Gasteiger partial charge in [-0.05, 0) is 18.6 Å². The second kappa shape index (κ2) is 5.26. The third-order valence-electron chi connectivity index (χ3n) is 2.83. The fourth-order valence-electron chi connectivity index (χ4n) is 1.90. The monoisotopic (exact) mass is 267 g/mol. The standard InChI is InChI=1S/C13H12F3N3/c1-3-7-12(18-6-19-13(7)17-2)8-4-5-9(14)11(16)10(8)15/h4-6H,3H2,1-2H3,(H,17,18,19). The summed E-state index contributed by atoms with van der Waals surface area (Å²) in [5.74, 6) is -3.42. The van der Waals surface area contributed by atoms with Gasteiger partial charge in [0.25, 0.3) is 0 Å². The lowest BCUT2D eigenvalue weighted by Gasteiger charge is -2.12. The molecule has 0 aliphatic heterocycles. The molecule has 0 fully saturated rings. The van der Waals surface area contributed by atoms with E-state index >= 15 is 0 Å². The first-order valence-electron chi connectivity index (χ1n) is 5.75. The minimum Gasteiger partial charge on any atom is -0.373 e. The van der Waals surface area contributed by atoms with E-state index in [4.69, 9.17) is 0 Å². The lowest BCUT2D eigenvalue weighted by atomic mass is 10.0. The molecule has 2 rings (SSSR count). The van der Waals surface area contributed by atoms with Crippen molar-refractivity contribution in [2.75, 3.05) is 12.4 Å². The van der Waals surface area contributed by atoms with Crippen molar-refractivity contribution in [1.82, 2.24) is 9.97 Å². The molecule has 0 radical (unpaired) electrons. The maximum atomic E-state index is 13.8. The number of anilines is 1. The van der Waals surface area contributed by atoms with Crippen molar-refractivity contribution < 1.29 is 13.2 Å². The molecule has 1 aromatic heterocycles. The molecule has 6 heteroatoms. The van der Waals surface area contributed by atoms with Crippen LogP contribution in [-0.2, 0) is 6.42 Å². The van der Waals surface area contributed by atoms with Crippen molar-refractivity contribution in [2.45, 2.75) is 13.3 Å². The van der Waals surface area contributed by atoms with Crippen LogP contribution in [0, 0.1) is 17.5 Å². The first-order valence-corrected chi connectivity index (χ1v) is 5.75. The Balaban J connectivity index is 2.69. The van der Waals surface area contributed by atoms with Crippen molar-refractivity contribution in [3.8, 4) is 11.3 Å². The van der Waals surface area contributed by atoms with Gasteiger partial charge in [-0.25, -0.2) is 23.1 Å². The Morgan fingerprint density at radius 1 is 1.11 bits per heavy atom. The van der Waals surface area contributed by atoms with E-state index < -0.39 is 17.5 Å². The highest BCUT2D eigenvalue weighted by Gasteiger charge is 2.19. The Bertz CT molecular complexity index is 614. The lowest BCUT2D eigenvalue weighted by molar-refractivity contribution is 0.448. The Morgan fingerprint density at radius 3 is 2.47 bits per heavy atom. The summed E-state index contributed by atoms with van der Waals surface area (Å²) in [4.78, 5) is 7.99. The van der Waals surface area contributed by atoms with E-state index in [0.29, 0.717) is 17.8 Å². The molecular formula is C13H12F3N3. The first-order chi connectivity index (χ1) is 9.10. The van der Waals surface area contributed by atoms with E-state index in [-0.39, 0.29) is 11.3 Å². The number of hydrogen-bond donors (Lipinski definition) is 1. The van der Waals surface area contributed by atoms with Crippen molar-refractivity contribution in [1.29, 1.82) is 0 Å². The van der Waals surface area contributed by atoms with Crippen LogP contribution in [0.5, 0.6) is 0 Å². The van der Waals surface area contributed by atoms with E-state index in [1.807, 2.05) is 6.92 Å². The van der Waals surface area contributed by atoms with Gasteiger partial charge in [0.15, 0.2) is 17.5 Å². The van der Waals surface area contributed by atoms with E-state index in [1.165, 1.54) is 12.4 Å². The molecule has 0 atom stereocenters. The molecule has 3 nitrogen and oxygen atoms in total. The second-order valence-corrected chi connectivity index (χ2v) is 3.88. The van der Waals surface area contributed by atoms with Crippen LogP contribution in [0.4, 0.5) is 19.0 Å². The molecule has 1 N–H and O–H groups in total. The number of halogens is 3. The molecule has 0 bridgehead atoms. The number of nitrogens with one attached hydrogen (secondary N) is 1. The van der Waals surface area contributed by atoms with Gasteiger partial charge in [0, 0.05) is 18.2 Å². The van der Waals surface area contributed by atoms with Gasteiger partial charge >= 0.3 is 0 Å². The van der Waals surface area contributed by atoms with Gasteiger partial charge < -0.3 is 5.32 Å². The fraction of sp³-hybridized carbons (Fsp3) is 0.231. The SMILES string of the molecule is CCc1c(NC)ncnc1-c1ccc(F)c(F)c1F. The quantitative estimate of drug-likeness (QED) is 0.868. The molecule has 0 saturated carbocycles. The smallest absolute Gasteiger partial charge is 0.195 e. The highest BCUT2D eigenvalue weighted by Crippen LogP contribution is 2.29. The van der Waals surface area contributed by atoms with Crippen LogP contribution in [0.2, 0.25) is 0 Å². The van der Waals surface area contributed by atoms with Crippen LogP contribution < -0.4 is 5.32 Å². The second-order valence-electron chi connectivity index (χ2n) is 3.88. The lowest BCUT2D eigenvalue weighted by Crippen LogP contribution is -2.04. The van der Waals surface area contributed by atoms with Crippen molar-refractivity contribution in [3.05, 3.63) is 41.5 Å². The molecule has 0 spiro atoms. The molecule has 0 aliphatic rings. The van der Waals surface area contributed by atoms with E-state index in [2.05, 4.69) is 15.3 Å². The summed E-state index contributed by atoms with van der Waals surface area (Å²) in [5.41, 5.74) is 0.836. The number of nitrogens with zero attached hydrogens (tertiary/aromatic N) is 2. The van der Waals surface area contributed by atoms with Crippen LogP contribution in [0.1, 0.15) is 12.5 Å². The van der Waals surface area contributed by atoms with Gasteiger partial charge in [-0.15, -0.1) is 0 Å². The Morgan fingerprint density at radius 2 is 1.84 bits per heavy atom. The first kappa shape index (κ1) is 13.3. The van der Waals surface area contributed by atoms with Crippen LogP contribution in [0.25, 0.3) is 11.3 Å². The molecular weight excluding hydrogens is 255 g/mol. The van der Waals surface area contributed by atoms with Gasteiger partial charge in [-0.2, -0.15) is 0 Å². The number of aromatic nitrogens is 2. The van der Waals surface area contributed by atoms with Crippen molar-refractivity contribution >= 4 is 5.82 Å². The molecule has 1 heterocycles. The minimum atomic E-state index is -1.50. The van der Waals surface area contributed by atoms with Crippen LogP contribution in [-0.4, -0.2) is 17.0 Å². The number of rotatable bonds is 3. The van der Waals surface area contributed by atoms with Crippen LogP contribution in [0.15, 0.2) is 18.5 Å². The maximum absolute atomic E-state index is 13.8. The summed E-state index contributed by atoms with van der Waals surface area (Å²) in [6, 6.07) is 2.06. The molecule has 0 amide bonds. The third kappa shape index (κ3) is 2.25. The molecule has 100 valence electrons. The molecule has 2 aromatic rings. The zero-order valence-electron chi connectivity index (χ0n) is 10.5. The zero-order chi connectivity index (χ0) is 14.0. The summed E-state index contributed by atoms with van der Waals surface area (Å²) in [6.45, 7) is 1.85. The average molecular weight is 267 g/mol. The third-order valence-corrected chi connectivity index (χ3v) is 2.83. The Kier molecular flexibility index (Phi) is 3.69. The van der Waals surface area contributed by atoms with Crippen molar-refractivity contribution in [3.63, 3.8) is 0 Å². The molecule has 0 saturated heterocycles. The summed E-state index contributed by atoms with van der Waals surface area (Å²) >= 11 is 0. The highest BCUT2D eigenvalue weighted by atomic mass is 19.2. The summed E-state index contributed by atoms with van der Waals surface area (Å²) < 4.78 is 40.0. The minimum absolute atomic E-state index is 0.0744.